The maximum Gasteiger partial charge on any atom is 0.221 e. The van der Waals surface area contributed by atoms with Gasteiger partial charge in [-0.3, -0.25) is 4.79 Å². The third kappa shape index (κ3) is 4.83. The van der Waals surface area contributed by atoms with Gasteiger partial charge in [-0.05, 0) is 42.2 Å². The van der Waals surface area contributed by atoms with E-state index < -0.39 is 0 Å². The summed E-state index contributed by atoms with van der Waals surface area (Å²) in [5, 5.41) is 6.38. The first-order valence-corrected chi connectivity index (χ1v) is 8.25. The van der Waals surface area contributed by atoms with E-state index in [-0.39, 0.29) is 11.9 Å². The van der Waals surface area contributed by atoms with Crippen molar-refractivity contribution in [2.24, 2.45) is 0 Å². The van der Waals surface area contributed by atoms with Gasteiger partial charge in [0.2, 0.25) is 5.91 Å². The lowest BCUT2D eigenvalue weighted by Gasteiger charge is -2.20. The molecule has 0 radical (unpaired) electrons. The van der Waals surface area contributed by atoms with Gasteiger partial charge in [0.1, 0.15) is 5.75 Å². The molecule has 2 atom stereocenters. The van der Waals surface area contributed by atoms with Crippen LogP contribution in [0.5, 0.6) is 5.75 Å². The van der Waals surface area contributed by atoms with Crippen LogP contribution in [0.15, 0.2) is 48.5 Å². The lowest BCUT2D eigenvalue weighted by atomic mass is 9.99. The second kappa shape index (κ2) is 8.50. The number of carbonyl (C=O) groups excluding carboxylic acids is 1. The Hall–Kier alpha value is -2.33. The summed E-state index contributed by atoms with van der Waals surface area (Å²) in [6.45, 7) is 6.67. The Kier molecular flexibility index (Phi) is 6.38. The minimum atomic E-state index is -0.0578. The first-order chi connectivity index (χ1) is 11.5. The summed E-state index contributed by atoms with van der Waals surface area (Å²) >= 11 is 0. The number of amides is 1. The summed E-state index contributed by atoms with van der Waals surface area (Å²) < 4.78 is 5.44. The number of carbonyl (C=O) groups is 1. The van der Waals surface area contributed by atoms with Crippen molar-refractivity contribution in [1.82, 2.24) is 5.32 Å². The number of rotatable bonds is 7. The van der Waals surface area contributed by atoms with Crippen LogP contribution >= 0.6 is 0 Å². The standard InChI is InChI=1S/C20H26N2O2/c1-14(19-10-5-6-11-20(19)24-4)13-21-15(2)17-8-7-9-18(12-17)22-16(3)23/h5-12,14-15,21H,13H2,1-4H3,(H,22,23)/t14-,15-/m0/s1. The first kappa shape index (κ1) is 18.0. The molecule has 4 heteroatoms. The summed E-state index contributed by atoms with van der Waals surface area (Å²) in [5.74, 6) is 1.20. The number of para-hydroxylation sites is 1. The molecule has 0 aliphatic carbocycles. The van der Waals surface area contributed by atoms with E-state index in [0.29, 0.717) is 5.92 Å². The van der Waals surface area contributed by atoms with Crippen LogP contribution in [-0.4, -0.2) is 19.6 Å². The Bertz CT molecular complexity index is 685. The molecule has 1 amide bonds. The SMILES string of the molecule is COc1ccccc1[C@@H](C)CN[C@@H](C)c1cccc(NC(C)=O)c1. The molecule has 0 saturated heterocycles. The zero-order valence-corrected chi connectivity index (χ0v) is 14.8. The Labute approximate surface area is 144 Å². The van der Waals surface area contributed by atoms with Gasteiger partial charge in [0.25, 0.3) is 0 Å². The summed E-state index contributed by atoms with van der Waals surface area (Å²) in [5.41, 5.74) is 3.17. The fraction of sp³-hybridized carbons (Fsp3) is 0.350. The molecule has 128 valence electrons. The average Bonchev–Trinajstić information content (AvgIpc) is 2.59. The second-order valence-electron chi connectivity index (χ2n) is 6.08. The molecule has 0 saturated carbocycles. The monoisotopic (exact) mass is 326 g/mol. The molecule has 0 unspecified atom stereocenters. The van der Waals surface area contributed by atoms with E-state index >= 15 is 0 Å². The zero-order valence-electron chi connectivity index (χ0n) is 14.8. The molecule has 2 rings (SSSR count). The molecule has 4 nitrogen and oxygen atoms in total. The normalized spacial score (nSPS) is 13.2. The predicted octanol–water partition coefficient (Wildman–Crippen LogP) is 4.11. The van der Waals surface area contributed by atoms with E-state index in [2.05, 4.69) is 36.6 Å². The first-order valence-electron chi connectivity index (χ1n) is 8.25. The van der Waals surface area contributed by atoms with Gasteiger partial charge in [0.15, 0.2) is 0 Å². The average molecular weight is 326 g/mol. The van der Waals surface area contributed by atoms with Crippen molar-refractivity contribution in [3.8, 4) is 5.75 Å². The van der Waals surface area contributed by atoms with Crippen molar-refractivity contribution in [2.75, 3.05) is 19.0 Å². The maximum absolute atomic E-state index is 11.2. The summed E-state index contributed by atoms with van der Waals surface area (Å²) in [7, 11) is 1.70. The molecule has 0 aliphatic rings. The van der Waals surface area contributed by atoms with Gasteiger partial charge in [0.05, 0.1) is 7.11 Å². The van der Waals surface area contributed by atoms with Crippen molar-refractivity contribution < 1.29 is 9.53 Å². The van der Waals surface area contributed by atoms with Crippen LogP contribution in [0.2, 0.25) is 0 Å². The van der Waals surface area contributed by atoms with Crippen molar-refractivity contribution >= 4 is 11.6 Å². The second-order valence-corrected chi connectivity index (χ2v) is 6.08. The fourth-order valence-corrected chi connectivity index (χ4v) is 2.74. The highest BCUT2D eigenvalue weighted by atomic mass is 16.5. The number of ether oxygens (including phenoxy) is 1. The quantitative estimate of drug-likeness (QED) is 0.805. The van der Waals surface area contributed by atoms with Crippen molar-refractivity contribution in [2.45, 2.75) is 32.7 Å². The predicted molar refractivity (Wildman–Crippen MR) is 98.6 cm³/mol. The van der Waals surface area contributed by atoms with E-state index in [9.17, 15) is 4.79 Å². The van der Waals surface area contributed by atoms with Gasteiger partial charge in [0, 0.05) is 25.2 Å². The van der Waals surface area contributed by atoms with Gasteiger partial charge < -0.3 is 15.4 Å². The van der Waals surface area contributed by atoms with E-state index in [1.807, 2.05) is 36.4 Å². The minimum Gasteiger partial charge on any atom is -0.496 e. The van der Waals surface area contributed by atoms with Crippen LogP contribution in [0.3, 0.4) is 0 Å². The molecule has 0 fully saturated rings. The van der Waals surface area contributed by atoms with Crippen LogP contribution < -0.4 is 15.4 Å². The Morgan fingerprint density at radius 3 is 2.58 bits per heavy atom. The highest BCUT2D eigenvalue weighted by Crippen LogP contribution is 2.26. The van der Waals surface area contributed by atoms with E-state index in [4.69, 9.17) is 4.74 Å². The highest BCUT2D eigenvalue weighted by molar-refractivity contribution is 5.88. The molecule has 0 heterocycles. The molecule has 0 aromatic heterocycles. The van der Waals surface area contributed by atoms with Crippen LogP contribution in [0, 0.1) is 0 Å². The largest absolute Gasteiger partial charge is 0.496 e. The van der Waals surface area contributed by atoms with Crippen LogP contribution in [-0.2, 0) is 4.79 Å². The Morgan fingerprint density at radius 2 is 1.88 bits per heavy atom. The molecular formula is C20H26N2O2. The number of hydrogen-bond donors (Lipinski definition) is 2. The topological polar surface area (TPSA) is 50.4 Å². The fourth-order valence-electron chi connectivity index (χ4n) is 2.74. The minimum absolute atomic E-state index is 0.0578. The molecule has 0 bridgehead atoms. The number of hydrogen-bond acceptors (Lipinski definition) is 3. The van der Waals surface area contributed by atoms with Gasteiger partial charge in [-0.2, -0.15) is 0 Å². The van der Waals surface area contributed by atoms with Gasteiger partial charge in [-0.25, -0.2) is 0 Å². The Morgan fingerprint density at radius 1 is 1.12 bits per heavy atom. The van der Waals surface area contributed by atoms with E-state index in [1.54, 1.807) is 7.11 Å². The maximum atomic E-state index is 11.2. The molecule has 2 aromatic rings. The smallest absolute Gasteiger partial charge is 0.221 e. The van der Waals surface area contributed by atoms with E-state index in [1.165, 1.54) is 12.5 Å². The van der Waals surface area contributed by atoms with Gasteiger partial charge in [-0.15, -0.1) is 0 Å². The zero-order chi connectivity index (χ0) is 17.5. The molecule has 0 aliphatic heterocycles. The van der Waals surface area contributed by atoms with Crippen molar-refractivity contribution in [1.29, 1.82) is 0 Å². The van der Waals surface area contributed by atoms with Crippen LogP contribution in [0.25, 0.3) is 0 Å². The molecule has 24 heavy (non-hydrogen) atoms. The molecule has 0 spiro atoms. The summed E-state index contributed by atoms with van der Waals surface area (Å²) in [6, 6.07) is 16.2. The van der Waals surface area contributed by atoms with E-state index in [0.717, 1.165) is 23.5 Å². The number of methoxy groups -OCH3 is 1. The molecule has 2 N–H and O–H groups in total. The lowest BCUT2D eigenvalue weighted by Crippen LogP contribution is -2.24. The summed E-state index contributed by atoms with van der Waals surface area (Å²) in [4.78, 5) is 11.2. The van der Waals surface area contributed by atoms with Crippen LogP contribution in [0.4, 0.5) is 5.69 Å². The van der Waals surface area contributed by atoms with Crippen molar-refractivity contribution in [3.05, 3.63) is 59.7 Å². The number of benzene rings is 2. The third-order valence-corrected chi connectivity index (χ3v) is 4.11. The Balaban J connectivity index is 1.99. The summed E-state index contributed by atoms with van der Waals surface area (Å²) in [6.07, 6.45) is 0. The van der Waals surface area contributed by atoms with Gasteiger partial charge >= 0.3 is 0 Å². The molecular weight excluding hydrogens is 300 g/mol. The van der Waals surface area contributed by atoms with Gasteiger partial charge in [-0.1, -0.05) is 37.3 Å². The lowest BCUT2D eigenvalue weighted by molar-refractivity contribution is -0.114. The van der Waals surface area contributed by atoms with Crippen molar-refractivity contribution in [3.63, 3.8) is 0 Å². The third-order valence-electron chi connectivity index (χ3n) is 4.11. The molecule has 2 aromatic carbocycles. The highest BCUT2D eigenvalue weighted by Gasteiger charge is 2.13. The number of anilines is 1. The number of nitrogens with one attached hydrogen (secondary N) is 2. The van der Waals surface area contributed by atoms with Crippen LogP contribution in [0.1, 0.15) is 43.9 Å².